The summed E-state index contributed by atoms with van der Waals surface area (Å²) in [6.07, 6.45) is 5.88. The van der Waals surface area contributed by atoms with Crippen LogP contribution in [0.3, 0.4) is 0 Å². The summed E-state index contributed by atoms with van der Waals surface area (Å²) in [7, 11) is 1.74. The van der Waals surface area contributed by atoms with Gasteiger partial charge in [-0.05, 0) is 55.7 Å². The number of methoxy groups -OCH3 is 1. The molecule has 0 aromatic heterocycles. The molecule has 3 heteroatoms. The highest BCUT2D eigenvalue weighted by Crippen LogP contribution is 2.32. The third kappa shape index (κ3) is 3.21. The average molecular weight is 265 g/mol. The average Bonchev–Trinajstić information content (AvgIpc) is 2.39. The van der Waals surface area contributed by atoms with Crippen LogP contribution in [0.25, 0.3) is 0 Å². The molecule has 0 aliphatic heterocycles. The van der Waals surface area contributed by atoms with E-state index in [0.717, 1.165) is 11.5 Å². The molecular formula is C15H23NOS. The molecule has 0 spiro atoms. The van der Waals surface area contributed by atoms with Crippen molar-refractivity contribution in [2.24, 2.45) is 0 Å². The maximum absolute atomic E-state index is 5.35. The third-order valence-corrected chi connectivity index (χ3v) is 4.40. The summed E-state index contributed by atoms with van der Waals surface area (Å²) in [4.78, 5) is 0. The van der Waals surface area contributed by atoms with Crippen molar-refractivity contribution >= 4 is 11.8 Å². The van der Waals surface area contributed by atoms with Gasteiger partial charge in [0.25, 0.3) is 0 Å². The summed E-state index contributed by atoms with van der Waals surface area (Å²) in [5, 5.41) is 3.75. The van der Waals surface area contributed by atoms with Crippen LogP contribution in [0.4, 0.5) is 0 Å². The molecule has 2 unspecified atom stereocenters. The molecule has 2 atom stereocenters. The minimum Gasteiger partial charge on any atom is -0.497 e. The molecule has 0 fully saturated rings. The van der Waals surface area contributed by atoms with Crippen molar-refractivity contribution in [3.63, 3.8) is 0 Å². The van der Waals surface area contributed by atoms with Crippen molar-refractivity contribution in [3.8, 4) is 5.75 Å². The van der Waals surface area contributed by atoms with E-state index in [4.69, 9.17) is 4.74 Å². The van der Waals surface area contributed by atoms with Crippen molar-refractivity contribution in [2.75, 3.05) is 19.1 Å². The van der Waals surface area contributed by atoms with Crippen LogP contribution < -0.4 is 10.1 Å². The lowest BCUT2D eigenvalue weighted by Crippen LogP contribution is -2.34. The van der Waals surface area contributed by atoms with Gasteiger partial charge >= 0.3 is 0 Å². The van der Waals surface area contributed by atoms with E-state index in [1.54, 1.807) is 7.11 Å². The van der Waals surface area contributed by atoms with E-state index in [0.29, 0.717) is 12.1 Å². The Balaban J connectivity index is 2.15. The Labute approximate surface area is 114 Å². The lowest BCUT2D eigenvalue weighted by atomic mass is 9.87. The topological polar surface area (TPSA) is 21.3 Å². The first kappa shape index (κ1) is 13.8. The monoisotopic (exact) mass is 265 g/mol. The number of hydrogen-bond donors (Lipinski definition) is 1. The minimum absolute atomic E-state index is 0.492. The second kappa shape index (κ2) is 6.48. The number of hydrogen-bond acceptors (Lipinski definition) is 3. The highest BCUT2D eigenvalue weighted by Gasteiger charge is 2.21. The van der Waals surface area contributed by atoms with Crippen LogP contribution in [-0.4, -0.2) is 25.2 Å². The largest absolute Gasteiger partial charge is 0.497 e. The predicted octanol–water partition coefficient (Wildman–Crippen LogP) is 3.41. The zero-order valence-corrected chi connectivity index (χ0v) is 12.3. The Morgan fingerprint density at radius 3 is 3.06 bits per heavy atom. The van der Waals surface area contributed by atoms with E-state index in [2.05, 4.69) is 36.7 Å². The standard InChI is InChI=1S/C15H23NOS/c1-11(10-18-3)16-15-6-4-5-12-7-8-13(17-2)9-14(12)15/h7-9,11,15-16H,4-6,10H2,1-3H3. The zero-order chi connectivity index (χ0) is 13.0. The van der Waals surface area contributed by atoms with Crippen LogP contribution in [0, 0.1) is 0 Å². The normalized spacial score (nSPS) is 20.3. The van der Waals surface area contributed by atoms with Gasteiger partial charge in [0, 0.05) is 17.8 Å². The van der Waals surface area contributed by atoms with Crippen molar-refractivity contribution in [1.82, 2.24) is 5.32 Å². The van der Waals surface area contributed by atoms with Gasteiger partial charge in [0.2, 0.25) is 0 Å². The molecule has 0 saturated carbocycles. The van der Waals surface area contributed by atoms with Crippen LogP contribution in [0.15, 0.2) is 18.2 Å². The molecular weight excluding hydrogens is 242 g/mol. The van der Waals surface area contributed by atoms with E-state index in [-0.39, 0.29) is 0 Å². The quantitative estimate of drug-likeness (QED) is 0.881. The van der Waals surface area contributed by atoms with Gasteiger partial charge < -0.3 is 10.1 Å². The molecule has 0 bridgehead atoms. The van der Waals surface area contributed by atoms with Gasteiger partial charge in [-0.2, -0.15) is 11.8 Å². The summed E-state index contributed by atoms with van der Waals surface area (Å²) in [5.41, 5.74) is 2.92. The first-order valence-corrected chi connectivity index (χ1v) is 8.05. The van der Waals surface area contributed by atoms with E-state index >= 15 is 0 Å². The number of ether oxygens (including phenoxy) is 1. The van der Waals surface area contributed by atoms with Crippen LogP contribution >= 0.6 is 11.8 Å². The number of nitrogens with one attached hydrogen (secondary N) is 1. The van der Waals surface area contributed by atoms with Crippen molar-refractivity contribution in [2.45, 2.75) is 38.3 Å². The second-order valence-electron chi connectivity index (χ2n) is 5.03. The fraction of sp³-hybridized carbons (Fsp3) is 0.600. The van der Waals surface area contributed by atoms with Crippen molar-refractivity contribution in [1.29, 1.82) is 0 Å². The molecule has 0 radical (unpaired) electrons. The molecule has 1 aromatic rings. The molecule has 0 amide bonds. The van der Waals surface area contributed by atoms with Gasteiger partial charge in [-0.3, -0.25) is 0 Å². The van der Waals surface area contributed by atoms with Gasteiger partial charge in [0.1, 0.15) is 5.75 Å². The van der Waals surface area contributed by atoms with Crippen LogP contribution in [0.1, 0.15) is 36.9 Å². The highest BCUT2D eigenvalue weighted by molar-refractivity contribution is 7.98. The Morgan fingerprint density at radius 1 is 1.50 bits per heavy atom. The van der Waals surface area contributed by atoms with Gasteiger partial charge in [-0.1, -0.05) is 6.07 Å². The highest BCUT2D eigenvalue weighted by atomic mass is 32.2. The van der Waals surface area contributed by atoms with E-state index in [1.807, 2.05) is 11.8 Å². The lowest BCUT2D eigenvalue weighted by Gasteiger charge is -2.29. The Hall–Kier alpha value is -0.670. The van der Waals surface area contributed by atoms with Crippen molar-refractivity contribution in [3.05, 3.63) is 29.3 Å². The number of thioether (sulfide) groups is 1. The summed E-state index contributed by atoms with van der Waals surface area (Å²) in [6.45, 7) is 2.27. The third-order valence-electron chi connectivity index (χ3n) is 3.57. The molecule has 100 valence electrons. The Kier molecular flexibility index (Phi) is 4.95. The number of rotatable bonds is 5. The number of aryl methyl sites for hydroxylation is 1. The van der Waals surface area contributed by atoms with E-state index in [9.17, 15) is 0 Å². The Bertz CT molecular complexity index is 394. The maximum atomic E-state index is 5.35. The minimum atomic E-state index is 0.492. The van der Waals surface area contributed by atoms with E-state index in [1.165, 1.54) is 30.4 Å². The molecule has 18 heavy (non-hydrogen) atoms. The zero-order valence-electron chi connectivity index (χ0n) is 11.5. The SMILES string of the molecule is COc1ccc2c(c1)C(NC(C)CSC)CCC2. The van der Waals surface area contributed by atoms with Gasteiger partial charge in [0.05, 0.1) is 7.11 Å². The van der Waals surface area contributed by atoms with Gasteiger partial charge in [-0.15, -0.1) is 0 Å². The Morgan fingerprint density at radius 2 is 2.33 bits per heavy atom. The fourth-order valence-electron chi connectivity index (χ4n) is 2.72. The maximum Gasteiger partial charge on any atom is 0.119 e. The first-order chi connectivity index (χ1) is 8.74. The second-order valence-corrected chi connectivity index (χ2v) is 5.94. The molecule has 1 aliphatic carbocycles. The summed E-state index contributed by atoms with van der Waals surface area (Å²) in [6, 6.07) is 7.55. The predicted molar refractivity (Wildman–Crippen MR) is 79.7 cm³/mol. The molecule has 2 nitrogen and oxygen atoms in total. The molecule has 0 heterocycles. The van der Waals surface area contributed by atoms with Gasteiger partial charge in [-0.25, -0.2) is 0 Å². The molecule has 2 rings (SSSR count). The fourth-order valence-corrected chi connectivity index (χ4v) is 3.32. The van der Waals surface area contributed by atoms with E-state index < -0.39 is 0 Å². The molecule has 1 aromatic carbocycles. The summed E-state index contributed by atoms with van der Waals surface area (Å²) < 4.78 is 5.35. The van der Waals surface area contributed by atoms with Crippen LogP contribution in [0.2, 0.25) is 0 Å². The molecule has 1 aliphatic rings. The number of fused-ring (bicyclic) bond motifs is 1. The summed E-state index contributed by atoms with van der Waals surface area (Å²) >= 11 is 1.90. The lowest BCUT2D eigenvalue weighted by molar-refractivity contribution is 0.403. The van der Waals surface area contributed by atoms with Crippen LogP contribution in [0.5, 0.6) is 5.75 Å². The summed E-state index contributed by atoms with van der Waals surface area (Å²) in [5.74, 6) is 2.13. The first-order valence-electron chi connectivity index (χ1n) is 6.66. The van der Waals surface area contributed by atoms with Crippen LogP contribution in [-0.2, 0) is 6.42 Å². The molecule has 1 N–H and O–H groups in total. The smallest absolute Gasteiger partial charge is 0.119 e. The number of benzene rings is 1. The molecule has 0 saturated heterocycles. The van der Waals surface area contributed by atoms with Crippen molar-refractivity contribution < 1.29 is 4.74 Å². The van der Waals surface area contributed by atoms with Gasteiger partial charge in [0.15, 0.2) is 0 Å².